The Balaban J connectivity index is 2.14. The molecule has 0 unspecified atom stereocenters. The van der Waals surface area contributed by atoms with Crippen LogP contribution in [0.1, 0.15) is 11.5 Å². The molecule has 0 saturated carbocycles. The molecule has 5 heteroatoms. The molecule has 12 heavy (non-hydrogen) atoms. The van der Waals surface area contributed by atoms with E-state index in [4.69, 9.17) is 0 Å². The summed E-state index contributed by atoms with van der Waals surface area (Å²) < 4.78 is 7.58. The quantitative estimate of drug-likeness (QED) is 0.756. The van der Waals surface area contributed by atoms with Gasteiger partial charge in [-0.25, -0.2) is 0 Å². The van der Waals surface area contributed by atoms with Crippen molar-refractivity contribution in [2.24, 2.45) is 0 Å². The molecule has 0 fully saturated rings. The van der Waals surface area contributed by atoms with Gasteiger partial charge in [-0.2, -0.15) is 4.37 Å². The Morgan fingerprint density at radius 1 is 1.42 bits per heavy atom. The number of hydrogen-bond acceptors (Lipinski definition) is 4. The fraction of sp³-hybridized carbons (Fsp3) is 0. The summed E-state index contributed by atoms with van der Waals surface area (Å²) in [7, 11) is 0. The van der Waals surface area contributed by atoms with Crippen molar-refractivity contribution < 1.29 is 0 Å². The predicted molar refractivity (Wildman–Crippen MR) is 47.4 cm³/mol. The standard InChI is InChI=1S/C7H6N4S/c1-2-6(8-5-1)3-4-7-9-11-12-10-7/h1-5,8H/b4-3+. The van der Waals surface area contributed by atoms with Gasteiger partial charge in [0.2, 0.25) is 0 Å². The number of nitrogens with zero attached hydrogens (tertiary/aromatic N) is 3. The highest BCUT2D eigenvalue weighted by molar-refractivity contribution is 6.98. The van der Waals surface area contributed by atoms with Gasteiger partial charge < -0.3 is 4.98 Å². The summed E-state index contributed by atoms with van der Waals surface area (Å²) in [5, 5.41) is 3.77. The monoisotopic (exact) mass is 178 g/mol. The molecule has 0 amide bonds. The lowest BCUT2D eigenvalue weighted by Gasteiger charge is -1.81. The van der Waals surface area contributed by atoms with Gasteiger partial charge in [0.25, 0.3) is 0 Å². The average molecular weight is 178 g/mol. The molecule has 2 aromatic heterocycles. The van der Waals surface area contributed by atoms with Gasteiger partial charge >= 0.3 is 0 Å². The van der Waals surface area contributed by atoms with E-state index < -0.39 is 0 Å². The topological polar surface area (TPSA) is 54.5 Å². The third kappa shape index (κ3) is 1.57. The van der Waals surface area contributed by atoms with E-state index in [1.807, 2.05) is 30.5 Å². The van der Waals surface area contributed by atoms with E-state index in [-0.39, 0.29) is 0 Å². The first kappa shape index (κ1) is 7.17. The van der Waals surface area contributed by atoms with E-state index >= 15 is 0 Å². The van der Waals surface area contributed by atoms with Gasteiger partial charge in [-0.15, -0.1) is 5.10 Å². The third-order valence-corrected chi connectivity index (χ3v) is 1.77. The van der Waals surface area contributed by atoms with Crippen LogP contribution in [0.15, 0.2) is 18.3 Å². The van der Waals surface area contributed by atoms with E-state index in [1.54, 1.807) is 0 Å². The van der Waals surface area contributed by atoms with Gasteiger partial charge in [-0.05, 0) is 24.3 Å². The highest BCUT2D eigenvalue weighted by atomic mass is 32.1. The summed E-state index contributed by atoms with van der Waals surface area (Å²) in [6.45, 7) is 0. The first-order chi connectivity index (χ1) is 5.95. The van der Waals surface area contributed by atoms with Gasteiger partial charge in [0.15, 0.2) is 5.82 Å². The van der Waals surface area contributed by atoms with Crippen molar-refractivity contribution in [1.82, 2.24) is 18.9 Å². The molecule has 4 nitrogen and oxygen atoms in total. The molecule has 2 rings (SSSR count). The van der Waals surface area contributed by atoms with Gasteiger partial charge in [-0.1, -0.05) is 4.49 Å². The highest BCUT2D eigenvalue weighted by Crippen LogP contribution is 2.01. The Hall–Kier alpha value is -1.49. The summed E-state index contributed by atoms with van der Waals surface area (Å²) in [4.78, 5) is 3.04. The zero-order valence-electron chi connectivity index (χ0n) is 6.14. The van der Waals surface area contributed by atoms with E-state index in [9.17, 15) is 0 Å². The van der Waals surface area contributed by atoms with Crippen LogP contribution in [0.4, 0.5) is 0 Å². The second-order valence-corrected chi connectivity index (χ2v) is 2.68. The van der Waals surface area contributed by atoms with Gasteiger partial charge in [0, 0.05) is 11.9 Å². The SMILES string of the molecule is C(=C\c1ccc[nH]1)/c1nnsn1. The first-order valence-electron chi connectivity index (χ1n) is 3.42. The van der Waals surface area contributed by atoms with E-state index in [0.29, 0.717) is 5.82 Å². The third-order valence-electron chi connectivity index (χ3n) is 1.35. The second-order valence-electron chi connectivity index (χ2n) is 2.17. The zero-order chi connectivity index (χ0) is 8.23. The van der Waals surface area contributed by atoms with Crippen LogP contribution < -0.4 is 0 Å². The Labute approximate surface area is 73.3 Å². The largest absolute Gasteiger partial charge is 0.362 e. The molecule has 0 saturated heterocycles. The molecule has 0 aliphatic heterocycles. The predicted octanol–water partition coefficient (Wildman–Crippen LogP) is 1.43. The Morgan fingerprint density at radius 2 is 2.42 bits per heavy atom. The minimum atomic E-state index is 0.648. The molecule has 2 aromatic rings. The Kier molecular flexibility index (Phi) is 1.96. The molecule has 0 aliphatic carbocycles. The molecule has 2 heterocycles. The van der Waals surface area contributed by atoms with Crippen LogP contribution >= 0.6 is 11.7 Å². The maximum atomic E-state index is 3.93. The van der Waals surface area contributed by atoms with Crippen molar-refractivity contribution in [3.05, 3.63) is 29.8 Å². The lowest BCUT2D eigenvalue weighted by molar-refractivity contribution is 1.11. The normalized spacial score (nSPS) is 11.0. The number of aromatic amines is 1. The molecule has 0 aromatic carbocycles. The van der Waals surface area contributed by atoms with Gasteiger partial charge in [0.1, 0.15) is 0 Å². The molecular weight excluding hydrogens is 172 g/mol. The van der Waals surface area contributed by atoms with Crippen molar-refractivity contribution in [1.29, 1.82) is 0 Å². The van der Waals surface area contributed by atoms with Crippen molar-refractivity contribution in [2.75, 3.05) is 0 Å². The second kappa shape index (κ2) is 3.27. The summed E-state index contributed by atoms with van der Waals surface area (Å²) in [6, 6.07) is 3.91. The number of aromatic nitrogens is 4. The summed E-state index contributed by atoms with van der Waals surface area (Å²) >= 11 is 1.10. The number of H-pyrrole nitrogens is 1. The molecule has 0 spiro atoms. The van der Waals surface area contributed by atoms with E-state index in [1.165, 1.54) is 0 Å². The summed E-state index contributed by atoms with van der Waals surface area (Å²) in [5.41, 5.74) is 1.03. The van der Waals surface area contributed by atoms with Gasteiger partial charge in [0.05, 0.1) is 11.7 Å². The minimum Gasteiger partial charge on any atom is -0.362 e. The first-order valence-corrected chi connectivity index (χ1v) is 4.15. The molecule has 0 radical (unpaired) electrons. The maximum Gasteiger partial charge on any atom is 0.189 e. The highest BCUT2D eigenvalue weighted by Gasteiger charge is 1.90. The summed E-state index contributed by atoms with van der Waals surface area (Å²) in [6.07, 6.45) is 5.59. The van der Waals surface area contributed by atoms with E-state index in [0.717, 1.165) is 17.4 Å². The van der Waals surface area contributed by atoms with Crippen LogP contribution in [0.3, 0.4) is 0 Å². The van der Waals surface area contributed by atoms with Crippen LogP contribution in [0.25, 0.3) is 12.2 Å². The van der Waals surface area contributed by atoms with Crippen molar-refractivity contribution in [2.45, 2.75) is 0 Å². The zero-order valence-corrected chi connectivity index (χ0v) is 6.95. The lowest BCUT2D eigenvalue weighted by atomic mass is 10.4. The molecule has 0 atom stereocenters. The van der Waals surface area contributed by atoms with Crippen LogP contribution in [0, 0.1) is 0 Å². The minimum absolute atomic E-state index is 0.648. The smallest absolute Gasteiger partial charge is 0.189 e. The maximum absolute atomic E-state index is 3.93. The van der Waals surface area contributed by atoms with Crippen molar-refractivity contribution >= 4 is 23.9 Å². The van der Waals surface area contributed by atoms with Crippen LogP contribution in [-0.4, -0.2) is 18.9 Å². The summed E-state index contributed by atoms with van der Waals surface area (Å²) in [5.74, 6) is 0.648. The van der Waals surface area contributed by atoms with Crippen LogP contribution in [-0.2, 0) is 0 Å². The lowest BCUT2D eigenvalue weighted by Crippen LogP contribution is -1.74. The number of hydrogen-bond donors (Lipinski definition) is 1. The average Bonchev–Trinajstić information content (AvgIpc) is 2.74. The fourth-order valence-electron chi connectivity index (χ4n) is 0.814. The van der Waals surface area contributed by atoms with Crippen molar-refractivity contribution in [3.8, 4) is 0 Å². The molecule has 0 aliphatic rings. The Morgan fingerprint density at radius 3 is 3.08 bits per heavy atom. The fourth-order valence-corrected chi connectivity index (χ4v) is 1.15. The Bertz CT molecular complexity index is 312. The molecule has 0 bridgehead atoms. The van der Waals surface area contributed by atoms with Gasteiger partial charge in [-0.3, -0.25) is 0 Å². The van der Waals surface area contributed by atoms with Crippen molar-refractivity contribution in [3.63, 3.8) is 0 Å². The molecule has 60 valence electrons. The number of rotatable bonds is 2. The molecule has 1 N–H and O–H groups in total. The number of nitrogens with one attached hydrogen (secondary N) is 1. The van der Waals surface area contributed by atoms with E-state index in [2.05, 4.69) is 18.9 Å². The van der Waals surface area contributed by atoms with Crippen LogP contribution in [0.2, 0.25) is 0 Å². The van der Waals surface area contributed by atoms with Crippen LogP contribution in [0.5, 0.6) is 0 Å². The molecular formula is C7H6N4S.